The second-order valence-electron chi connectivity index (χ2n) is 14.7. The van der Waals surface area contributed by atoms with Gasteiger partial charge in [0, 0.05) is 123 Å². The molecule has 5 heterocycles. The second-order valence-corrected chi connectivity index (χ2v) is 14.7. The highest BCUT2D eigenvalue weighted by Gasteiger charge is 2.25. The summed E-state index contributed by atoms with van der Waals surface area (Å²) in [6.45, 7) is 20.6. The molecule has 0 unspecified atom stereocenters. The Morgan fingerprint density at radius 2 is 1.16 bits per heavy atom. The van der Waals surface area contributed by atoms with Crippen LogP contribution in [0.1, 0.15) is 74.1 Å². The number of likely N-dealkylation sites (tertiary alicyclic amines) is 1. The summed E-state index contributed by atoms with van der Waals surface area (Å²) in [4.78, 5) is 40.1. The van der Waals surface area contributed by atoms with E-state index in [0.717, 1.165) is 87.5 Å². The number of aromatic nitrogens is 2. The van der Waals surface area contributed by atoms with Crippen LogP contribution in [-0.2, 0) is 6.54 Å². The quantitative estimate of drug-likeness (QED) is 0.261. The Bertz CT molecular complexity index is 1670. The maximum Gasteiger partial charge on any atom is 0.253 e. The number of hydrogen-bond donors (Lipinski definition) is 1. The van der Waals surface area contributed by atoms with E-state index in [9.17, 15) is 9.59 Å². The Kier molecular flexibility index (Phi) is 11.7. The molecule has 2 amide bonds. The minimum atomic E-state index is 0.150. The lowest BCUT2D eigenvalue weighted by Crippen LogP contribution is -2.50. The summed E-state index contributed by atoms with van der Waals surface area (Å²) in [5, 5.41) is 2.27. The maximum atomic E-state index is 13.0. The van der Waals surface area contributed by atoms with Gasteiger partial charge in [0.15, 0.2) is 0 Å². The summed E-state index contributed by atoms with van der Waals surface area (Å²) in [5.41, 5.74) is 3.92. The molecule has 0 bridgehead atoms. The van der Waals surface area contributed by atoms with Gasteiger partial charge in [-0.25, -0.2) is 0 Å². The van der Waals surface area contributed by atoms with Crippen molar-refractivity contribution in [2.24, 2.45) is 0 Å². The van der Waals surface area contributed by atoms with E-state index < -0.39 is 0 Å². The number of amides is 2. The molecule has 49 heavy (non-hydrogen) atoms. The van der Waals surface area contributed by atoms with Gasteiger partial charge < -0.3 is 24.3 Å². The standard InChI is InChI=1S/C24H36N4O.C16H21N3O/c1-20(2)26-15-17-28(18-16-26)24(29)22-7-8-23-21(19-22)9-12-27(23)14-13-25-10-5-3-4-6-11-25;1-12(2)18-7-9-19(10-8-18)16(20)14-3-4-15-13(11-14)5-6-17-15/h7-9,12,19-20H,3-6,10-11,13-18H2,1-2H3;3-6,11-12,17H,7-10H2,1-2H3. The fraction of sp³-hybridized carbons (Fsp3) is 0.550. The number of nitrogens with one attached hydrogen (secondary N) is 1. The monoisotopic (exact) mass is 667 g/mol. The van der Waals surface area contributed by atoms with Crippen molar-refractivity contribution in [2.45, 2.75) is 72.0 Å². The number of carbonyl (C=O) groups excluding carboxylic acids is 2. The van der Waals surface area contributed by atoms with Crippen molar-refractivity contribution in [3.63, 3.8) is 0 Å². The van der Waals surface area contributed by atoms with Gasteiger partial charge in [-0.2, -0.15) is 0 Å². The minimum absolute atomic E-state index is 0.150. The van der Waals surface area contributed by atoms with Gasteiger partial charge in [-0.15, -0.1) is 0 Å². The van der Waals surface area contributed by atoms with E-state index in [-0.39, 0.29) is 11.8 Å². The first kappa shape index (κ1) is 35.2. The van der Waals surface area contributed by atoms with E-state index in [1.165, 1.54) is 49.7 Å². The number of hydrogen-bond acceptors (Lipinski definition) is 5. The zero-order chi connectivity index (χ0) is 34.3. The molecule has 264 valence electrons. The first-order valence-electron chi connectivity index (χ1n) is 18.7. The predicted molar refractivity (Wildman–Crippen MR) is 200 cm³/mol. The molecule has 2 aromatic heterocycles. The Morgan fingerprint density at radius 1 is 0.612 bits per heavy atom. The van der Waals surface area contributed by atoms with Crippen molar-refractivity contribution >= 4 is 33.6 Å². The van der Waals surface area contributed by atoms with E-state index in [1.54, 1.807) is 0 Å². The van der Waals surface area contributed by atoms with Gasteiger partial charge in [-0.3, -0.25) is 19.4 Å². The SMILES string of the molecule is CC(C)N1CCN(C(=O)c2ccc3[nH]ccc3c2)CC1.CC(C)N1CCN(C(=O)c2ccc3c(ccn3CCN3CCCCCC3)c2)CC1. The number of H-pyrrole nitrogens is 1. The molecule has 9 heteroatoms. The van der Waals surface area contributed by atoms with Crippen LogP contribution in [0.4, 0.5) is 0 Å². The van der Waals surface area contributed by atoms with E-state index in [4.69, 9.17) is 0 Å². The molecule has 0 radical (unpaired) electrons. The molecule has 0 atom stereocenters. The molecule has 0 aliphatic carbocycles. The number of fused-ring (bicyclic) bond motifs is 2. The van der Waals surface area contributed by atoms with Crippen LogP contribution in [0, 0.1) is 0 Å². The first-order chi connectivity index (χ1) is 23.8. The summed E-state index contributed by atoms with van der Waals surface area (Å²) < 4.78 is 2.34. The summed E-state index contributed by atoms with van der Waals surface area (Å²) >= 11 is 0. The molecule has 3 fully saturated rings. The lowest BCUT2D eigenvalue weighted by Gasteiger charge is -2.37. The third-order valence-corrected chi connectivity index (χ3v) is 10.8. The predicted octanol–water partition coefficient (Wildman–Crippen LogP) is 6.02. The van der Waals surface area contributed by atoms with Crippen LogP contribution in [0.15, 0.2) is 60.9 Å². The highest BCUT2D eigenvalue weighted by atomic mass is 16.2. The highest BCUT2D eigenvalue weighted by molar-refractivity contribution is 5.99. The topological polar surface area (TPSA) is 71.1 Å². The van der Waals surface area contributed by atoms with Crippen molar-refractivity contribution in [1.82, 2.24) is 34.1 Å². The van der Waals surface area contributed by atoms with Crippen molar-refractivity contribution in [1.29, 1.82) is 0 Å². The van der Waals surface area contributed by atoms with Crippen molar-refractivity contribution < 1.29 is 9.59 Å². The van der Waals surface area contributed by atoms with E-state index in [2.05, 4.69) is 76.3 Å². The van der Waals surface area contributed by atoms with E-state index in [0.29, 0.717) is 12.1 Å². The average Bonchev–Trinajstić information content (AvgIpc) is 3.68. The molecule has 3 aliphatic heterocycles. The summed E-state index contributed by atoms with van der Waals surface area (Å²) in [6.07, 6.45) is 9.52. The van der Waals surface area contributed by atoms with Crippen LogP contribution in [0.25, 0.3) is 21.8 Å². The van der Waals surface area contributed by atoms with Crippen molar-refractivity contribution in [3.05, 3.63) is 72.1 Å². The number of piperazine rings is 2. The Morgan fingerprint density at radius 3 is 1.73 bits per heavy atom. The van der Waals surface area contributed by atoms with Crippen LogP contribution in [-0.4, -0.2) is 130 Å². The van der Waals surface area contributed by atoms with Crippen molar-refractivity contribution in [3.8, 4) is 0 Å². The van der Waals surface area contributed by atoms with Gasteiger partial charge in [-0.1, -0.05) is 12.8 Å². The van der Waals surface area contributed by atoms with Crippen LogP contribution < -0.4 is 0 Å². The fourth-order valence-electron chi connectivity index (χ4n) is 7.57. The molecular weight excluding hydrogens is 610 g/mol. The van der Waals surface area contributed by atoms with E-state index in [1.807, 2.05) is 46.3 Å². The molecule has 4 aromatic rings. The largest absolute Gasteiger partial charge is 0.361 e. The number of carbonyl (C=O) groups is 2. The summed E-state index contributed by atoms with van der Waals surface area (Å²) in [6, 6.07) is 17.4. The third-order valence-electron chi connectivity index (χ3n) is 10.8. The fourth-order valence-corrected chi connectivity index (χ4v) is 7.57. The van der Waals surface area contributed by atoms with Gasteiger partial charge in [-0.05, 0) is 102 Å². The zero-order valence-corrected chi connectivity index (χ0v) is 30.2. The highest BCUT2D eigenvalue weighted by Crippen LogP contribution is 2.21. The van der Waals surface area contributed by atoms with Gasteiger partial charge in [0.25, 0.3) is 11.8 Å². The maximum absolute atomic E-state index is 13.0. The van der Waals surface area contributed by atoms with Crippen LogP contribution in [0.2, 0.25) is 0 Å². The molecular formula is C40H57N7O2. The Labute approximate surface area is 292 Å². The molecule has 0 spiro atoms. The molecule has 3 aliphatic rings. The van der Waals surface area contributed by atoms with Crippen LogP contribution in [0.3, 0.4) is 0 Å². The number of benzene rings is 2. The second kappa shape index (κ2) is 16.4. The first-order valence-corrected chi connectivity index (χ1v) is 18.7. The number of nitrogens with zero attached hydrogens (tertiary/aromatic N) is 6. The molecule has 7 rings (SSSR count). The van der Waals surface area contributed by atoms with Crippen LogP contribution in [0.5, 0.6) is 0 Å². The van der Waals surface area contributed by atoms with E-state index >= 15 is 0 Å². The molecule has 9 nitrogen and oxygen atoms in total. The minimum Gasteiger partial charge on any atom is -0.361 e. The number of aromatic amines is 1. The average molecular weight is 668 g/mol. The van der Waals surface area contributed by atoms with Gasteiger partial charge in [0.05, 0.1) is 0 Å². The molecule has 1 N–H and O–H groups in total. The van der Waals surface area contributed by atoms with Gasteiger partial charge in [0.2, 0.25) is 0 Å². The zero-order valence-electron chi connectivity index (χ0n) is 30.2. The number of rotatable bonds is 7. The lowest BCUT2D eigenvalue weighted by molar-refractivity contribution is 0.0590. The lowest BCUT2D eigenvalue weighted by atomic mass is 10.1. The summed E-state index contributed by atoms with van der Waals surface area (Å²) in [5.74, 6) is 0.323. The van der Waals surface area contributed by atoms with Gasteiger partial charge in [0.1, 0.15) is 0 Å². The van der Waals surface area contributed by atoms with Crippen LogP contribution >= 0.6 is 0 Å². The van der Waals surface area contributed by atoms with Gasteiger partial charge >= 0.3 is 0 Å². The van der Waals surface area contributed by atoms with Crippen molar-refractivity contribution in [2.75, 3.05) is 72.0 Å². The molecule has 0 saturated carbocycles. The molecule has 2 aromatic carbocycles. The molecule has 3 saturated heterocycles. The normalized spacial score (nSPS) is 18.7. The smallest absolute Gasteiger partial charge is 0.253 e. The Balaban J connectivity index is 0.000000182. The summed E-state index contributed by atoms with van der Waals surface area (Å²) in [7, 11) is 0. The third kappa shape index (κ3) is 8.74. The Hall–Kier alpha value is -3.66.